The second-order valence-electron chi connectivity index (χ2n) is 6.00. The lowest BCUT2D eigenvalue weighted by Crippen LogP contribution is -2.14. The number of nitrogens with zero attached hydrogens (tertiary/aromatic N) is 3. The average molecular weight is 386 g/mol. The molecule has 0 fully saturated rings. The van der Waals surface area contributed by atoms with E-state index in [0.29, 0.717) is 10.6 Å². The van der Waals surface area contributed by atoms with E-state index < -0.39 is 0 Å². The van der Waals surface area contributed by atoms with Gasteiger partial charge in [-0.15, -0.1) is 10.2 Å². The van der Waals surface area contributed by atoms with Gasteiger partial charge in [0.05, 0.1) is 5.25 Å². The van der Waals surface area contributed by atoms with E-state index in [0.717, 1.165) is 28.7 Å². The Morgan fingerprint density at radius 3 is 2.50 bits per heavy atom. The van der Waals surface area contributed by atoms with Gasteiger partial charge in [-0.2, -0.15) is 0 Å². The number of rotatable bonds is 6. The van der Waals surface area contributed by atoms with Crippen molar-refractivity contribution in [2.24, 2.45) is 0 Å². The highest BCUT2D eigenvalue weighted by molar-refractivity contribution is 8.00. The molecule has 6 heteroatoms. The summed E-state index contributed by atoms with van der Waals surface area (Å²) >= 11 is 7.33. The summed E-state index contributed by atoms with van der Waals surface area (Å²) in [5, 5.41) is 9.82. The molecule has 1 aromatic heterocycles. The summed E-state index contributed by atoms with van der Waals surface area (Å²) in [7, 11) is 0. The van der Waals surface area contributed by atoms with Gasteiger partial charge in [0, 0.05) is 22.7 Å². The largest absolute Gasteiger partial charge is 0.302 e. The number of carbonyl (C=O) groups excluding carboxylic acids is 1. The number of carbonyl (C=O) groups is 1. The topological polar surface area (TPSA) is 47.8 Å². The van der Waals surface area contributed by atoms with E-state index in [4.69, 9.17) is 11.6 Å². The molecule has 0 aliphatic heterocycles. The van der Waals surface area contributed by atoms with E-state index in [1.165, 1.54) is 11.8 Å². The van der Waals surface area contributed by atoms with Crippen LogP contribution in [0.5, 0.6) is 0 Å². The van der Waals surface area contributed by atoms with Crippen LogP contribution in [-0.4, -0.2) is 25.8 Å². The first-order valence-corrected chi connectivity index (χ1v) is 9.72. The Morgan fingerprint density at radius 2 is 1.85 bits per heavy atom. The zero-order valence-corrected chi connectivity index (χ0v) is 16.5. The smallest absolute Gasteiger partial charge is 0.192 e. The van der Waals surface area contributed by atoms with Crippen molar-refractivity contribution in [1.82, 2.24) is 14.8 Å². The third-order valence-corrected chi connectivity index (χ3v) is 5.53. The predicted octanol–water partition coefficient (Wildman–Crippen LogP) is 5.29. The predicted molar refractivity (Wildman–Crippen MR) is 107 cm³/mol. The molecule has 0 saturated carbocycles. The van der Waals surface area contributed by atoms with Gasteiger partial charge in [-0.05, 0) is 50.6 Å². The van der Waals surface area contributed by atoms with Crippen molar-refractivity contribution in [3.05, 3.63) is 64.7 Å². The number of aromatic nitrogens is 3. The van der Waals surface area contributed by atoms with E-state index in [2.05, 4.69) is 34.7 Å². The Bertz CT molecular complexity index is 921. The number of Topliss-reactive ketones (excluding diaryl/α,β-unsaturated/α-hetero) is 1. The van der Waals surface area contributed by atoms with Crippen molar-refractivity contribution >= 4 is 29.1 Å². The average Bonchev–Trinajstić information content (AvgIpc) is 3.04. The molecule has 134 valence electrons. The van der Waals surface area contributed by atoms with E-state index in [1.807, 2.05) is 25.1 Å². The first kappa shape index (κ1) is 18.7. The fourth-order valence-corrected chi connectivity index (χ4v) is 3.86. The maximum absolute atomic E-state index is 12.7. The van der Waals surface area contributed by atoms with Gasteiger partial charge < -0.3 is 4.57 Å². The molecule has 0 saturated heterocycles. The zero-order valence-electron chi connectivity index (χ0n) is 14.9. The van der Waals surface area contributed by atoms with Crippen molar-refractivity contribution in [2.45, 2.75) is 37.7 Å². The van der Waals surface area contributed by atoms with Crippen LogP contribution in [0, 0.1) is 6.92 Å². The molecule has 0 N–H and O–H groups in total. The van der Waals surface area contributed by atoms with Gasteiger partial charge in [0.25, 0.3) is 0 Å². The number of ketones is 1. The summed E-state index contributed by atoms with van der Waals surface area (Å²) in [5.74, 6) is 0.883. The second kappa shape index (κ2) is 8.06. The molecule has 26 heavy (non-hydrogen) atoms. The second-order valence-corrected chi connectivity index (χ2v) is 7.74. The molecule has 0 aliphatic carbocycles. The van der Waals surface area contributed by atoms with Crippen LogP contribution in [0.25, 0.3) is 11.4 Å². The third kappa shape index (κ3) is 3.84. The van der Waals surface area contributed by atoms with Crippen LogP contribution in [-0.2, 0) is 6.54 Å². The Morgan fingerprint density at radius 1 is 1.15 bits per heavy atom. The lowest BCUT2D eigenvalue weighted by atomic mass is 10.1. The maximum atomic E-state index is 12.7. The molecule has 3 rings (SSSR count). The summed E-state index contributed by atoms with van der Waals surface area (Å²) in [6.45, 7) is 6.75. The third-order valence-electron chi connectivity index (χ3n) is 4.20. The van der Waals surface area contributed by atoms with Gasteiger partial charge in [-0.25, -0.2) is 0 Å². The van der Waals surface area contributed by atoms with Gasteiger partial charge in [0.15, 0.2) is 16.8 Å². The van der Waals surface area contributed by atoms with Crippen LogP contribution in [0.4, 0.5) is 0 Å². The highest BCUT2D eigenvalue weighted by Gasteiger charge is 2.21. The molecule has 0 aliphatic rings. The molecule has 0 amide bonds. The first-order valence-electron chi connectivity index (χ1n) is 8.47. The summed E-state index contributed by atoms with van der Waals surface area (Å²) < 4.78 is 2.05. The highest BCUT2D eigenvalue weighted by Crippen LogP contribution is 2.29. The fraction of sp³-hybridized carbons (Fsp3) is 0.250. The maximum Gasteiger partial charge on any atom is 0.192 e. The van der Waals surface area contributed by atoms with Gasteiger partial charge in [-0.1, -0.05) is 47.6 Å². The van der Waals surface area contributed by atoms with Crippen LogP contribution in [0.1, 0.15) is 29.8 Å². The number of thioether (sulfide) groups is 1. The van der Waals surface area contributed by atoms with Crippen LogP contribution in [0.3, 0.4) is 0 Å². The Kier molecular flexibility index (Phi) is 5.79. The minimum Gasteiger partial charge on any atom is -0.302 e. The summed E-state index contributed by atoms with van der Waals surface area (Å²) in [4.78, 5) is 12.7. The van der Waals surface area contributed by atoms with Crippen LogP contribution in [0.2, 0.25) is 5.02 Å². The minimum atomic E-state index is -0.268. The summed E-state index contributed by atoms with van der Waals surface area (Å²) in [6, 6.07) is 15.1. The number of hydrogen-bond donors (Lipinski definition) is 0. The molecule has 0 radical (unpaired) electrons. The Balaban J connectivity index is 1.85. The molecule has 1 heterocycles. The number of benzene rings is 2. The van der Waals surface area contributed by atoms with Crippen LogP contribution >= 0.6 is 23.4 Å². The first-order chi connectivity index (χ1) is 12.5. The fourth-order valence-electron chi connectivity index (χ4n) is 2.74. The quantitative estimate of drug-likeness (QED) is 0.427. The van der Waals surface area contributed by atoms with Gasteiger partial charge in [0.2, 0.25) is 0 Å². The van der Waals surface area contributed by atoms with Gasteiger partial charge in [-0.3, -0.25) is 4.79 Å². The molecule has 4 nitrogen and oxygen atoms in total. The molecule has 0 spiro atoms. The monoisotopic (exact) mass is 385 g/mol. The van der Waals surface area contributed by atoms with Crippen molar-refractivity contribution in [2.75, 3.05) is 0 Å². The van der Waals surface area contributed by atoms with Gasteiger partial charge >= 0.3 is 0 Å². The molecule has 3 aromatic rings. The Hall–Kier alpha value is -2.11. The Labute approximate surface area is 162 Å². The van der Waals surface area contributed by atoms with E-state index in [9.17, 15) is 4.79 Å². The number of aryl methyl sites for hydroxylation is 1. The van der Waals surface area contributed by atoms with E-state index in [1.54, 1.807) is 24.3 Å². The zero-order chi connectivity index (χ0) is 18.7. The summed E-state index contributed by atoms with van der Waals surface area (Å²) in [5.41, 5.74) is 2.86. The lowest BCUT2D eigenvalue weighted by Gasteiger charge is -2.12. The molecule has 2 aromatic carbocycles. The molecule has 1 atom stereocenters. The lowest BCUT2D eigenvalue weighted by molar-refractivity contribution is 0.0994. The summed E-state index contributed by atoms with van der Waals surface area (Å²) in [6.07, 6.45) is 0. The molecular formula is C20H20ClN3OS. The van der Waals surface area contributed by atoms with Crippen LogP contribution < -0.4 is 0 Å². The molecular weight excluding hydrogens is 366 g/mol. The normalized spacial score (nSPS) is 12.2. The van der Waals surface area contributed by atoms with Crippen molar-refractivity contribution < 1.29 is 4.79 Å². The number of hydrogen-bond acceptors (Lipinski definition) is 4. The highest BCUT2D eigenvalue weighted by atomic mass is 35.5. The van der Waals surface area contributed by atoms with Crippen molar-refractivity contribution in [3.63, 3.8) is 0 Å². The van der Waals surface area contributed by atoms with E-state index in [-0.39, 0.29) is 11.0 Å². The van der Waals surface area contributed by atoms with E-state index >= 15 is 0 Å². The molecule has 0 unspecified atom stereocenters. The number of halogens is 1. The van der Waals surface area contributed by atoms with Crippen molar-refractivity contribution in [3.8, 4) is 11.4 Å². The van der Waals surface area contributed by atoms with Crippen molar-refractivity contribution in [1.29, 1.82) is 0 Å². The molecule has 0 bridgehead atoms. The minimum absolute atomic E-state index is 0.0507. The van der Waals surface area contributed by atoms with Gasteiger partial charge in [0.1, 0.15) is 0 Å². The SMILES string of the molecule is CCn1c(S[C@H](C)C(=O)c2ccc(Cl)cc2)nnc1-c1ccccc1C. The standard InChI is InChI=1S/C20H20ClN3OS/c1-4-24-19(17-8-6-5-7-13(17)2)22-23-20(24)26-14(3)18(25)15-9-11-16(21)12-10-15/h5-12,14H,4H2,1-3H3/t14-/m1/s1. The van der Waals surface area contributed by atoms with Crippen LogP contribution in [0.15, 0.2) is 53.7 Å².